The van der Waals surface area contributed by atoms with Crippen molar-refractivity contribution in [3.05, 3.63) is 29.8 Å². The minimum atomic E-state index is 0.453. The van der Waals surface area contributed by atoms with Crippen LogP contribution in [0.1, 0.15) is 70.9 Å². The third-order valence-corrected chi connectivity index (χ3v) is 4.39. The highest BCUT2D eigenvalue weighted by atomic mass is 16.5. The first kappa shape index (κ1) is 16.4. The molecule has 1 saturated carbocycles. The largest absolute Gasteiger partial charge is 0.490 e. The number of ether oxygens (including phenoxy) is 1. The zero-order chi connectivity index (χ0) is 15.1. The Morgan fingerprint density at radius 3 is 2.67 bits per heavy atom. The predicted octanol–water partition coefficient (Wildman–Crippen LogP) is 5.09. The minimum absolute atomic E-state index is 0.453. The van der Waals surface area contributed by atoms with Gasteiger partial charge in [0.05, 0.1) is 6.10 Å². The summed E-state index contributed by atoms with van der Waals surface area (Å²) >= 11 is 0. The predicted molar refractivity (Wildman–Crippen MR) is 89.8 cm³/mol. The fraction of sp³-hybridized carbons (Fsp3) is 0.684. The second-order valence-corrected chi connectivity index (χ2v) is 6.24. The molecule has 1 aromatic carbocycles. The van der Waals surface area contributed by atoms with Crippen LogP contribution in [0, 0.1) is 5.92 Å². The maximum Gasteiger partial charge on any atom is 0.120 e. The number of benzene rings is 1. The molecule has 21 heavy (non-hydrogen) atoms. The summed E-state index contributed by atoms with van der Waals surface area (Å²) in [6.45, 7) is 7.80. The molecule has 1 aliphatic rings. The molecule has 118 valence electrons. The van der Waals surface area contributed by atoms with Crippen LogP contribution in [-0.2, 0) is 0 Å². The normalized spacial score (nSPS) is 17.5. The quantitative estimate of drug-likeness (QED) is 0.647. The van der Waals surface area contributed by atoms with Gasteiger partial charge in [0, 0.05) is 6.04 Å². The zero-order valence-corrected chi connectivity index (χ0v) is 13.9. The van der Waals surface area contributed by atoms with Crippen LogP contribution in [-0.4, -0.2) is 12.6 Å². The van der Waals surface area contributed by atoms with Gasteiger partial charge in [0.1, 0.15) is 5.75 Å². The summed E-state index contributed by atoms with van der Waals surface area (Å²) in [5.74, 6) is 1.75. The van der Waals surface area contributed by atoms with Crippen molar-refractivity contribution in [3.63, 3.8) is 0 Å². The SMILES string of the molecule is CCCCC(CC)C(NCC)c1cccc(OC2CC2)c1. The van der Waals surface area contributed by atoms with Crippen molar-refractivity contribution in [2.45, 2.75) is 71.4 Å². The molecule has 2 unspecified atom stereocenters. The summed E-state index contributed by atoms with van der Waals surface area (Å²) in [5.41, 5.74) is 1.39. The highest BCUT2D eigenvalue weighted by molar-refractivity contribution is 5.31. The van der Waals surface area contributed by atoms with Gasteiger partial charge >= 0.3 is 0 Å². The van der Waals surface area contributed by atoms with Gasteiger partial charge in [-0.15, -0.1) is 0 Å². The summed E-state index contributed by atoms with van der Waals surface area (Å²) in [7, 11) is 0. The molecule has 0 radical (unpaired) electrons. The molecule has 1 N–H and O–H groups in total. The topological polar surface area (TPSA) is 21.3 Å². The second-order valence-electron chi connectivity index (χ2n) is 6.24. The molecule has 0 spiro atoms. The molecule has 2 rings (SSSR count). The van der Waals surface area contributed by atoms with Gasteiger partial charge in [0.25, 0.3) is 0 Å². The number of nitrogens with one attached hydrogen (secondary N) is 1. The van der Waals surface area contributed by atoms with Crippen LogP contribution in [0.3, 0.4) is 0 Å². The van der Waals surface area contributed by atoms with Crippen molar-refractivity contribution in [2.24, 2.45) is 5.92 Å². The lowest BCUT2D eigenvalue weighted by atomic mass is 9.86. The first-order valence-electron chi connectivity index (χ1n) is 8.78. The molecular formula is C19H31NO. The van der Waals surface area contributed by atoms with Crippen molar-refractivity contribution in [1.29, 1.82) is 0 Å². The smallest absolute Gasteiger partial charge is 0.120 e. The van der Waals surface area contributed by atoms with Gasteiger partial charge < -0.3 is 10.1 Å². The molecule has 0 aliphatic heterocycles. The van der Waals surface area contributed by atoms with Crippen LogP contribution in [0.5, 0.6) is 5.75 Å². The van der Waals surface area contributed by atoms with Gasteiger partial charge in [-0.25, -0.2) is 0 Å². The van der Waals surface area contributed by atoms with E-state index in [2.05, 4.69) is 50.4 Å². The van der Waals surface area contributed by atoms with Gasteiger partial charge in [-0.3, -0.25) is 0 Å². The van der Waals surface area contributed by atoms with Crippen molar-refractivity contribution >= 4 is 0 Å². The van der Waals surface area contributed by atoms with E-state index in [9.17, 15) is 0 Å². The first-order valence-corrected chi connectivity index (χ1v) is 8.78. The van der Waals surface area contributed by atoms with Crippen LogP contribution in [0.15, 0.2) is 24.3 Å². The minimum Gasteiger partial charge on any atom is -0.490 e. The lowest BCUT2D eigenvalue weighted by Gasteiger charge is -2.28. The monoisotopic (exact) mass is 289 g/mol. The summed E-state index contributed by atoms with van der Waals surface area (Å²) < 4.78 is 5.96. The molecule has 1 fully saturated rings. The maximum absolute atomic E-state index is 5.96. The van der Waals surface area contributed by atoms with Crippen LogP contribution in [0.25, 0.3) is 0 Å². The molecule has 0 heterocycles. The van der Waals surface area contributed by atoms with E-state index in [1.54, 1.807) is 0 Å². The Labute approximate surface area is 130 Å². The van der Waals surface area contributed by atoms with Crippen LogP contribution in [0.4, 0.5) is 0 Å². The first-order chi connectivity index (χ1) is 10.3. The van der Waals surface area contributed by atoms with Gasteiger partial charge in [-0.2, -0.15) is 0 Å². The summed E-state index contributed by atoms with van der Waals surface area (Å²) in [4.78, 5) is 0. The molecule has 0 amide bonds. The highest BCUT2D eigenvalue weighted by Gasteiger charge is 2.25. The van der Waals surface area contributed by atoms with E-state index in [1.165, 1.54) is 44.1 Å². The summed E-state index contributed by atoms with van der Waals surface area (Å²) in [6.07, 6.45) is 8.03. The van der Waals surface area contributed by atoms with Crippen molar-refractivity contribution < 1.29 is 4.74 Å². The zero-order valence-electron chi connectivity index (χ0n) is 13.9. The van der Waals surface area contributed by atoms with E-state index in [1.807, 2.05) is 0 Å². The van der Waals surface area contributed by atoms with E-state index in [0.717, 1.165) is 12.3 Å². The Bertz CT molecular complexity index is 414. The fourth-order valence-corrected chi connectivity index (χ4v) is 3.01. The Kier molecular flexibility index (Phi) is 6.56. The lowest BCUT2D eigenvalue weighted by molar-refractivity contribution is 0.299. The molecule has 2 nitrogen and oxygen atoms in total. The van der Waals surface area contributed by atoms with Crippen molar-refractivity contribution in [1.82, 2.24) is 5.32 Å². The van der Waals surface area contributed by atoms with E-state index >= 15 is 0 Å². The molecule has 2 atom stereocenters. The van der Waals surface area contributed by atoms with Gasteiger partial charge in [-0.05, 0) is 49.4 Å². The van der Waals surface area contributed by atoms with Gasteiger partial charge in [0.15, 0.2) is 0 Å². The van der Waals surface area contributed by atoms with E-state index in [4.69, 9.17) is 4.74 Å². The second kappa shape index (κ2) is 8.43. The Hall–Kier alpha value is -1.02. The standard InChI is InChI=1S/C19H31NO/c1-4-7-9-15(5-2)19(20-6-3)16-10-8-11-18(14-16)21-17-12-13-17/h8,10-11,14-15,17,19-20H,4-7,9,12-13H2,1-3H3. The van der Waals surface area contributed by atoms with Crippen LogP contribution < -0.4 is 10.1 Å². The van der Waals surface area contributed by atoms with E-state index in [-0.39, 0.29) is 0 Å². The Balaban J connectivity index is 2.10. The lowest BCUT2D eigenvalue weighted by Crippen LogP contribution is -2.28. The average Bonchev–Trinajstić information content (AvgIpc) is 3.31. The van der Waals surface area contributed by atoms with Crippen molar-refractivity contribution in [3.8, 4) is 5.75 Å². The van der Waals surface area contributed by atoms with Crippen LogP contribution >= 0.6 is 0 Å². The molecule has 0 bridgehead atoms. The Morgan fingerprint density at radius 2 is 2.05 bits per heavy atom. The molecule has 1 aromatic rings. The number of rotatable bonds is 10. The van der Waals surface area contributed by atoms with E-state index < -0.39 is 0 Å². The maximum atomic E-state index is 5.96. The third kappa shape index (κ3) is 5.03. The fourth-order valence-electron chi connectivity index (χ4n) is 3.01. The number of hydrogen-bond acceptors (Lipinski definition) is 2. The number of hydrogen-bond donors (Lipinski definition) is 1. The van der Waals surface area contributed by atoms with Crippen LogP contribution in [0.2, 0.25) is 0 Å². The molecule has 0 aromatic heterocycles. The van der Waals surface area contributed by atoms with E-state index in [0.29, 0.717) is 18.1 Å². The Morgan fingerprint density at radius 1 is 1.24 bits per heavy atom. The third-order valence-electron chi connectivity index (χ3n) is 4.39. The molecular weight excluding hydrogens is 258 g/mol. The average molecular weight is 289 g/mol. The molecule has 0 saturated heterocycles. The van der Waals surface area contributed by atoms with Gasteiger partial charge in [0.2, 0.25) is 0 Å². The summed E-state index contributed by atoms with van der Waals surface area (Å²) in [5, 5.41) is 3.70. The molecule has 1 aliphatic carbocycles. The van der Waals surface area contributed by atoms with Crippen molar-refractivity contribution in [2.75, 3.05) is 6.54 Å². The summed E-state index contributed by atoms with van der Waals surface area (Å²) in [6, 6.07) is 9.19. The molecule has 2 heteroatoms. The van der Waals surface area contributed by atoms with Gasteiger partial charge in [-0.1, -0.05) is 52.2 Å². The highest BCUT2D eigenvalue weighted by Crippen LogP contribution is 2.32. The number of unbranched alkanes of at least 4 members (excludes halogenated alkanes) is 1.